The minimum atomic E-state index is -0.450. The molecule has 1 aromatic heterocycles. The van der Waals surface area contributed by atoms with Crippen molar-refractivity contribution in [1.29, 1.82) is 0 Å². The van der Waals surface area contributed by atoms with Crippen molar-refractivity contribution in [1.82, 2.24) is 5.32 Å². The lowest BCUT2D eigenvalue weighted by Crippen LogP contribution is -2.31. The van der Waals surface area contributed by atoms with E-state index in [1.807, 2.05) is 6.07 Å². The van der Waals surface area contributed by atoms with E-state index in [4.69, 9.17) is 10.2 Å². The number of furan rings is 1. The number of anilines is 1. The molecule has 3 rings (SSSR count). The molecular weight excluding hydrogens is 259 g/mol. The zero-order valence-corrected chi connectivity index (χ0v) is 10.9. The van der Waals surface area contributed by atoms with Gasteiger partial charge in [-0.2, -0.15) is 0 Å². The molecule has 1 aliphatic rings. The monoisotopic (exact) mass is 274 g/mol. The molecule has 3 N–H and O–H groups in total. The molecule has 1 aromatic carbocycles. The highest BCUT2D eigenvalue weighted by atomic mass is 19.1. The molecule has 2 aromatic rings. The van der Waals surface area contributed by atoms with Crippen molar-refractivity contribution in [3.63, 3.8) is 0 Å². The van der Waals surface area contributed by atoms with E-state index in [0.29, 0.717) is 5.56 Å². The summed E-state index contributed by atoms with van der Waals surface area (Å²) in [5.74, 6) is 0.184. The number of aryl methyl sites for hydroxylation is 1. The van der Waals surface area contributed by atoms with Crippen LogP contribution in [-0.2, 0) is 6.42 Å². The Kier molecular flexibility index (Phi) is 3.18. The van der Waals surface area contributed by atoms with Crippen molar-refractivity contribution in [2.75, 3.05) is 5.73 Å². The average Bonchev–Trinajstić information content (AvgIpc) is 2.87. The number of carbonyl (C=O) groups is 1. The van der Waals surface area contributed by atoms with E-state index in [1.54, 1.807) is 6.26 Å². The molecule has 0 saturated heterocycles. The van der Waals surface area contributed by atoms with Crippen LogP contribution in [0.25, 0.3) is 0 Å². The molecule has 0 spiro atoms. The second-order valence-corrected chi connectivity index (χ2v) is 4.95. The summed E-state index contributed by atoms with van der Waals surface area (Å²) in [6, 6.07) is 5.59. The molecule has 0 bridgehead atoms. The van der Waals surface area contributed by atoms with E-state index < -0.39 is 5.82 Å². The number of nitrogens with one attached hydrogen (secondary N) is 1. The van der Waals surface area contributed by atoms with Crippen LogP contribution in [0, 0.1) is 5.82 Å². The summed E-state index contributed by atoms with van der Waals surface area (Å²) < 4.78 is 18.4. The summed E-state index contributed by atoms with van der Waals surface area (Å²) in [5, 5.41) is 2.94. The molecule has 5 heteroatoms. The van der Waals surface area contributed by atoms with E-state index in [2.05, 4.69) is 5.32 Å². The molecule has 0 aliphatic heterocycles. The second kappa shape index (κ2) is 5.00. The Morgan fingerprint density at radius 1 is 1.40 bits per heavy atom. The number of nitrogen functional groups attached to an aromatic ring is 1. The lowest BCUT2D eigenvalue weighted by atomic mass is 9.93. The van der Waals surface area contributed by atoms with Gasteiger partial charge < -0.3 is 15.5 Å². The van der Waals surface area contributed by atoms with E-state index in [0.717, 1.165) is 36.7 Å². The molecule has 1 heterocycles. The van der Waals surface area contributed by atoms with Crippen LogP contribution in [0.2, 0.25) is 0 Å². The third kappa shape index (κ3) is 2.27. The molecule has 0 radical (unpaired) electrons. The normalized spacial score (nSPS) is 17.6. The van der Waals surface area contributed by atoms with Crippen LogP contribution in [0.4, 0.5) is 10.1 Å². The standard InChI is InChI=1S/C15H15FN2O2/c16-9-4-5-10(12(17)8-9)15(19)18-13-2-1-3-14-11(13)6-7-20-14/h4-8,13H,1-3,17H2,(H,18,19). The Labute approximate surface area is 115 Å². The van der Waals surface area contributed by atoms with Gasteiger partial charge in [0.15, 0.2) is 0 Å². The Morgan fingerprint density at radius 3 is 3.05 bits per heavy atom. The first-order chi connectivity index (χ1) is 9.65. The van der Waals surface area contributed by atoms with Gasteiger partial charge in [-0.25, -0.2) is 4.39 Å². The fourth-order valence-corrected chi connectivity index (χ4v) is 2.61. The van der Waals surface area contributed by atoms with Crippen molar-refractivity contribution in [2.24, 2.45) is 0 Å². The van der Waals surface area contributed by atoms with Crippen molar-refractivity contribution < 1.29 is 13.6 Å². The van der Waals surface area contributed by atoms with Crippen LogP contribution in [0.1, 0.15) is 40.6 Å². The van der Waals surface area contributed by atoms with Crippen molar-refractivity contribution in [3.8, 4) is 0 Å². The number of benzene rings is 1. The SMILES string of the molecule is Nc1cc(F)ccc1C(=O)NC1CCCc2occc21. The summed E-state index contributed by atoms with van der Waals surface area (Å²) in [7, 11) is 0. The third-order valence-corrected chi connectivity index (χ3v) is 3.62. The fourth-order valence-electron chi connectivity index (χ4n) is 2.61. The summed E-state index contributed by atoms with van der Waals surface area (Å²) in [4.78, 5) is 12.2. The van der Waals surface area contributed by atoms with Crippen molar-refractivity contribution >= 4 is 11.6 Å². The highest BCUT2D eigenvalue weighted by Crippen LogP contribution is 2.30. The molecule has 20 heavy (non-hydrogen) atoms. The van der Waals surface area contributed by atoms with Gasteiger partial charge in [-0.05, 0) is 37.1 Å². The number of rotatable bonds is 2. The van der Waals surface area contributed by atoms with Crippen LogP contribution >= 0.6 is 0 Å². The lowest BCUT2D eigenvalue weighted by molar-refractivity contribution is 0.0933. The van der Waals surface area contributed by atoms with Gasteiger partial charge in [-0.15, -0.1) is 0 Å². The zero-order valence-electron chi connectivity index (χ0n) is 10.9. The van der Waals surface area contributed by atoms with Gasteiger partial charge in [0, 0.05) is 17.7 Å². The first-order valence-electron chi connectivity index (χ1n) is 6.57. The van der Waals surface area contributed by atoms with Gasteiger partial charge in [0.1, 0.15) is 11.6 Å². The number of amides is 1. The van der Waals surface area contributed by atoms with E-state index in [-0.39, 0.29) is 17.6 Å². The Morgan fingerprint density at radius 2 is 2.25 bits per heavy atom. The Bertz CT molecular complexity index is 651. The Balaban J connectivity index is 1.81. The van der Waals surface area contributed by atoms with Crippen LogP contribution in [0.5, 0.6) is 0 Å². The zero-order chi connectivity index (χ0) is 14.1. The van der Waals surface area contributed by atoms with E-state index in [1.165, 1.54) is 12.1 Å². The first-order valence-corrected chi connectivity index (χ1v) is 6.57. The largest absolute Gasteiger partial charge is 0.469 e. The predicted octanol–water partition coefficient (Wildman–Crippen LogP) is 2.81. The number of hydrogen-bond acceptors (Lipinski definition) is 3. The molecule has 1 amide bonds. The van der Waals surface area contributed by atoms with Gasteiger partial charge >= 0.3 is 0 Å². The molecule has 0 fully saturated rings. The molecule has 4 nitrogen and oxygen atoms in total. The van der Waals surface area contributed by atoms with Gasteiger partial charge in [0.05, 0.1) is 17.9 Å². The lowest BCUT2D eigenvalue weighted by Gasteiger charge is -2.23. The summed E-state index contributed by atoms with van der Waals surface area (Å²) in [6.45, 7) is 0. The highest BCUT2D eigenvalue weighted by Gasteiger charge is 2.24. The molecule has 104 valence electrons. The molecule has 1 atom stereocenters. The second-order valence-electron chi connectivity index (χ2n) is 4.95. The van der Waals surface area contributed by atoms with Crippen LogP contribution < -0.4 is 11.1 Å². The minimum absolute atomic E-state index is 0.0746. The number of halogens is 1. The molecule has 1 aliphatic carbocycles. The fraction of sp³-hybridized carbons (Fsp3) is 0.267. The van der Waals surface area contributed by atoms with Gasteiger partial charge in [0.2, 0.25) is 0 Å². The molecule has 1 unspecified atom stereocenters. The summed E-state index contributed by atoms with van der Waals surface area (Å²) >= 11 is 0. The van der Waals surface area contributed by atoms with Crippen LogP contribution in [0.15, 0.2) is 34.9 Å². The van der Waals surface area contributed by atoms with Gasteiger partial charge in [0.25, 0.3) is 5.91 Å². The molecule has 0 saturated carbocycles. The quantitative estimate of drug-likeness (QED) is 0.827. The smallest absolute Gasteiger partial charge is 0.253 e. The molecular formula is C15H15FN2O2. The van der Waals surface area contributed by atoms with E-state index in [9.17, 15) is 9.18 Å². The maximum atomic E-state index is 13.0. The highest BCUT2D eigenvalue weighted by molar-refractivity contribution is 5.99. The van der Waals surface area contributed by atoms with Crippen LogP contribution in [0.3, 0.4) is 0 Å². The summed E-state index contributed by atoms with van der Waals surface area (Å²) in [5.41, 5.74) is 7.14. The maximum absolute atomic E-state index is 13.0. The third-order valence-electron chi connectivity index (χ3n) is 3.62. The first kappa shape index (κ1) is 12.7. The summed E-state index contributed by atoms with van der Waals surface area (Å²) in [6.07, 6.45) is 4.36. The number of fused-ring (bicyclic) bond motifs is 1. The number of nitrogens with two attached hydrogens (primary N) is 1. The van der Waals surface area contributed by atoms with Crippen molar-refractivity contribution in [2.45, 2.75) is 25.3 Å². The predicted molar refractivity (Wildman–Crippen MR) is 72.7 cm³/mol. The van der Waals surface area contributed by atoms with Gasteiger partial charge in [-0.1, -0.05) is 0 Å². The Hall–Kier alpha value is -2.30. The number of carbonyl (C=O) groups excluding carboxylic acids is 1. The minimum Gasteiger partial charge on any atom is -0.469 e. The number of hydrogen-bond donors (Lipinski definition) is 2. The topological polar surface area (TPSA) is 68.3 Å². The average molecular weight is 274 g/mol. The maximum Gasteiger partial charge on any atom is 0.253 e. The van der Waals surface area contributed by atoms with Crippen molar-refractivity contribution in [3.05, 3.63) is 53.2 Å². The van der Waals surface area contributed by atoms with E-state index >= 15 is 0 Å². The van der Waals surface area contributed by atoms with Crippen LogP contribution in [-0.4, -0.2) is 5.91 Å². The van der Waals surface area contributed by atoms with Gasteiger partial charge in [-0.3, -0.25) is 4.79 Å².